The first-order chi connectivity index (χ1) is 17.6. The van der Waals surface area contributed by atoms with Crippen LogP contribution in [-0.4, -0.2) is 27.5 Å². The number of carbonyl (C=O) groups excluding carboxylic acids is 1. The molecule has 0 spiro atoms. The molecule has 2 heterocycles. The predicted molar refractivity (Wildman–Crippen MR) is 154 cm³/mol. The molecule has 0 unspecified atom stereocenters. The van der Waals surface area contributed by atoms with Crippen molar-refractivity contribution in [2.45, 2.75) is 121 Å². The number of nitrogens with zero attached hydrogens (tertiary/aromatic N) is 2. The second kappa shape index (κ2) is 13.5. The van der Waals surface area contributed by atoms with Crippen molar-refractivity contribution in [1.29, 1.82) is 0 Å². The summed E-state index contributed by atoms with van der Waals surface area (Å²) in [6, 6.07) is 8.73. The Morgan fingerprint density at radius 1 is 0.973 bits per heavy atom. The highest BCUT2D eigenvalue weighted by molar-refractivity contribution is 8.00. The molecule has 0 aliphatic carbocycles. The van der Waals surface area contributed by atoms with E-state index < -0.39 is 0 Å². The van der Waals surface area contributed by atoms with E-state index in [1.165, 1.54) is 41.7 Å². The van der Waals surface area contributed by atoms with Crippen molar-refractivity contribution in [3.05, 3.63) is 52.3 Å². The molecule has 1 aromatic carbocycles. The quantitative estimate of drug-likeness (QED) is 0.172. The van der Waals surface area contributed by atoms with Crippen LogP contribution in [0.1, 0.15) is 121 Å². The lowest BCUT2D eigenvalue weighted by Gasteiger charge is -2.42. The van der Waals surface area contributed by atoms with Crippen molar-refractivity contribution in [2.24, 2.45) is 0 Å². The number of esters is 1. The van der Waals surface area contributed by atoms with E-state index in [0.29, 0.717) is 18.7 Å². The highest BCUT2D eigenvalue weighted by atomic mass is 32.2. The fourth-order valence-electron chi connectivity index (χ4n) is 5.29. The molecule has 0 amide bonds. The van der Waals surface area contributed by atoms with E-state index in [-0.39, 0.29) is 16.1 Å². The number of hydrogen-bond acceptors (Lipinski definition) is 5. The molecule has 5 heteroatoms. The number of unbranched alkanes of at least 4 members (excludes halogenated alkanes) is 4. The van der Waals surface area contributed by atoms with Gasteiger partial charge in [-0.1, -0.05) is 59.8 Å². The summed E-state index contributed by atoms with van der Waals surface area (Å²) in [7, 11) is 0. The third-order valence-corrected chi connectivity index (χ3v) is 8.16. The van der Waals surface area contributed by atoms with Crippen LogP contribution >= 0.6 is 11.8 Å². The van der Waals surface area contributed by atoms with Gasteiger partial charge in [0, 0.05) is 21.6 Å². The number of carbonyl (C=O) groups is 1. The van der Waals surface area contributed by atoms with E-state index in [0.717, 1.165) is 43.4 Å². The highest BCUT2D eigenvalue weighted by Crippen LogP contribution is 2.51. The molecule has 0 saturated carbocycles. The molecule has 1 aliphatic rings. The Morgan fingerprint density at radius 3 is 2.46 bits per heavy atom. The van der Waals surface area contributed by atoms with Crippen LogP contribution < -0.4 is 0 Å². The van der Waals surface area contributed by atoms with Crippen molar-refractivity contribution in [2.75, 3.05) is 6.61 Å². The molecule has 0 N–H and O–H groups in total. The van der Waals surface area contributed by atoms with Gasteiger partial charge in [-0.25, -0.2) is 0 Å². The molecule has 1 aliphatic heterocycles. The number of aryl methyl sites for hydroxylation is 2. The third-order valence-electron chi connectivity index (χ3n) is 6.90. The average Bonchev–Trinajstić information content (AvgIpc) is 2.83. The summed E-state index contributed by atoms with van der Waals surface area (Å²) in [6.07, 6.45) is 10.1. The molecule has 0 radical (unpaired) electrons. The molecular weight excluding hydrogens is 476 g/mol. The largest absolute Gasteiger partial charge is 0.466 e. The Balaban J connectivity index is 1.75. The summed E-state index contributed by atoms with van der Waals surface area (Å²) < 4.78 is 5.22. The van der Waals surface area contributed by atoms with Crippen LogP contribution in [0, 0.1) is 11.8 Å². The standard InChI is InChI=1S/C32H44N2O2S/c1-7-9-10-11-14-24-22-29-28(31(3,4)23-32(5,6)37-29)21-25(24)17-18-27-20-19-26(33-34-27)15-12-13-16-30(35)36-8-2/h19-22H,7-16,23H2,1-6H3. The monoisotopic (exact) mass is 520 g/mol. The van der Waals surface area contributed by atoms with Gasteiger partial charge in [0.1, 0.15) is 5.69 Å². The highest BCUT2D eigenvalue weighted by Gasteiger charge is 2.38. The van der Waals surface area contributed by atoms with Crippen LogP contribution in [-0.2, 0) is 27.8 Å². The lowest BCUT2D eigenvalue weighted by molar-refractivity contribution is -0.143. The van der Waals surface area contributed by atoms with Crippen LogP contribution in [0.3, 0.4) is 0 Å². The van der Waals surface area contributed by atoms with Crippen molar-refractivity contribution >= 4 is 17.7 Å². The Morgan fingerprint density at radius 2 is 1.76 bits per heavy atom. The summed E-state index contributed by atoms with van der Waals surface area (Å²) in [5, 5.41) is 8.74. The summed E-state index contributed by atoms with van der Waals surface area (Å²) in [4.78, 5) is 12.9. The Kier molecular flexibility index (Phi) is 10.6. The van der Waals surface area contributed by atoms with E-state index in [4.69, 9.17) is 4.74 Å². The molecule has 37 heavy (non-hydrogen) atoms. The minimum absolute atomic E-state index is 0.121. The first-order valence-corrected chi connectivity index (χ1v) is 14.8. The van der Waals surface area contributed by atoms with Gasteiger partial charge in [-0.15, -0.1) is 16.9 Å². The molecule has 0 saturated heterocycles. The van der Waals surface area contributed by atoms with Gasteiger partial charge in [0.15, 0.2) is 0 Å². The Bertz CT molecular complexity index is 1110. The number of hydrogen-bond donors (Lipinski definition) is 0. The summed E-state index contributed by atoms with van der Waals surface area (Å²) in [5.41, 5.74) is 5.65. The van der Waals surface area contributed by atoms with Crippen LogP contribution in [0.2, 0.25) is 0 Å². The van der Waals surface area contributed by atoms with E-state index in [1.54, 1.807) is 0 Å². The lowest BCUT2D eigenvalue weighted by Crippen LogP contribution is -2.33. The number of fused-ring (bicyclic) bond motifs is 1. The van der Waals surface area contributed by atoms with Crippen molar-refractivity contribution < 1.29 is 9.53 Å². The second-order valence-corrected chi connectivity index (χ2v) is 13.2. The van der Waals surface area contributed by atoms with Gasteiger partial charge in [0.05, 0.1) is 12.3 Å². The normalized spacial score (nSPS) is 15.4. The molecule has 200 valence electrons. The maximum atomic E-state index is 11.5. The number of ether oxygens (including phenoxy) is 1. The predicted octanol–water partition coefficient (Wildman–Crippen LogP) is 7.83. The molecule has 0 fully saturated rings. The molecule has 4 nitrogen and oxygen atoms in total. The topological polar surface area (TPSA) is 52.1 Å². The summed E-state index contributed by atoms with van der Waals surface area (Å²) in [6.45, 7) is 14.0. The van der Waals surface area contributed by atoms with Gasteiger partial charge in [-0.2, -0.15) is 5.10 Å². The first-order valence-electron chi connectivity index (χ1n) is 14.0. The number of benzene rings is 1. The zero-order valence-electron chi connectivity index (χ0n) is 23.7. The molecule has 0 atom stereocenters. The van der Waals surface area contributed by atoms with E-state index in [1.807, 2.05) is 30.8 Å². The maximum Gasteiger partial charge on any atom is 0.305 e. The Labute approximate surface area is 228 Å². The van der Waals surface area contributed by atoms with E-state index in [9.17, 15) is 4.79 Å². The number of aromatic nitrogens is 2. The van der Waals surface area contributed by atoms with Gasteiger partial charge >= 0.3 is 5.97 Å². The lowest BCUT2D eigenvalue weighted by atomic mass is 9.76. The fourth-order valence-corrected chi connectivity index (χ4v) is 6.97. The summed E-state index contributed by atoms with van der Waals surface area (Å²) in [5.74, 6) is 6.62. The van der Waals surface area contributed by atoms with Crippen molar-refractivity contribution in [3.63, 3.8) is 0 Å². The van der Waals surface area contributed by atoms with E-state index in [2.05, 4.69) is 68.8 Å². The van der Waals surface area contributed by atoms with Crippen LogP contribution in [0.5, 0.6) is 0 Å². The molecule has 0 bridgehead atoms. The second-order valence-electron chi connectivity index (χ2n) is 11.4. The third kappa shape index (κ3) is 8.88. The van der Waals surface area contributed by atoms with E-state index >= 15 is 0 Å². The zero-order valence-corrected chi connectivity index (χ0v) is 24.5. The van der Waals surface area contributed by atoms with Gasteiger partial charge in [-0.3, -0.25) is 4.79 Å². The minimum atomic E-state index is -0.128. The van der Waals surface area contributed by atoms with Crippen LogP contribution in [0.15, 0.2) is 29.2 Å². The van der Waals surface area contributed by atoms with Crippen LogP contribution in [0.25, 0.3) is 0 Å². The zero-order chi connectivity index (χ0) is 26.9. The number of rotatable bonds is 11. The molecule has 1 aromatic heterocycles. The SMILES string of the molecule is CCCCCCc1cc2c(cc1C#Cc1ccc(CCCCC(=O)OCC)nn1)C(C)(C)CC(C)(C)S2. The van der Waals surface area contributed by atoms with Gasteiger partial charge < -0.3 is 4.74 Å². The van der Waals surface area contributed by atoms with Gasteiger partial charge in [-0.05, 0) is 92.2 Å². The van der Waals surface area contributed by atoms with Crippen molar-refractivity contribution in [3.8, 4) is 11.8 Å². The Hall–Kier alpha value is -2.32. The van der Waals surface area contributed by atoms with Crippen LogP contribution in [0.4, 0.5) is 0 Å². The summed E-state index contributed by atoms with van der Waals surface area (Å²) >= 11 is 2.01. The average molecular weight is 521 g/mol. The maximum absolute atomic E-state index is 11.5. The molecular formula is C32H44N2O2S. The van der Waals surface area contributed by atoms with Gasteiger partial charge in [0.2, 0.25) is 0 Å². The fraction of sp³-hybridized carbons (Fsp3) is 0.594. The molecule has 3 rings (SSSR count). The first kappa shape index (κ1) is 29.2. The minimum Gasteiger partial charge on any atom is -0.466 e. The number of thioether (sulfide) groups is 1. The molecule has 2 aromatic rings. The van der Waals surface area contributed by atoms with Gasteiger partial charge in [0.25, 0.3) is 0 Å². The van der Waals surface area contributed by atoms with Crippen molar-refractivity contribution in [1.82, 2.24) is 10.2 Å². The smallest absolute Gasteiger partial charge is 0.305 e.